The number of hydrogen-bond acceptors (Lipinski definition) is 4. The van der Waals surface area contributed by atoms with Crippen LogP contribution in [0, 0.1) is 15.9 Å². The summed E-state index contributed by atoms with van der Waals surface area (Å²) in [6, 6.07) is 9.15. The molecule has 1 aliphatic heterocycles. The average Bonchev–Trinajstić information content (AvgIpc) is 2.92. The monoisotopic (exact) mass is 288 g/mol. The highest BCUT2D eigenvalue weighted by Gasteiger charge is 2.15. The van der Waals surface area contributed by atoms with E-state index in [-0.39, 0.29) is 11.4 Å². The van der Waals surface area contributed by atoms with Gasteiger partial charge in [-0.3, -0.25) is 10.1 Å². The Morgan fingerprint density at radius 2 is 2.14 bits per heavy atom. The first kappa shape index (κ1) is 13.4. The molecule has 0 unspecified atom stereocenters. The Morgan fingerprint density at radius 3 is 2.95 bits per heavy atom. The molecule has 6 heteroatoms. The molecule has 0 bridgehead atoms. The van der Waals surface area contributed by atoms with Crippen molar-refractivity contribution in [3.05, 3.63) is 63.5 Å². The standard InChI is InChI=1S/C15H13FN2O3/c16-12-2-3-14(18(19)20)13(8-12)17-9-10-1-4-15-11(7-10)5-6-21-15/h1-4,7-8,17H,5-6,9H2. The molecule has 2 aromatic carbocycles. The molecule has 1 aliphatic rings. The predicted octanol–water partition coefficient (Wildman–Crippen LogP) is 3.28. The van der Waals surface area contributed by atoms with Crippen LogP contribution >= 0.6 is 0 Å². The highest BCUT2D eigenvalue weighted by atomic mass is 19.1. The molecule has 3 rings (SSSR count). The third-order valence-corrected chi connectivity index (χ3v) is 3.39. The number of hydrogen-bond donors (Lipinski definition) is 1. The van der Waals surface area contributed by atoms with Gasteiger partial charge in [0.05, 0.1) is 11.5 Å². The van der Waals surface area contributed by atoms with Gasteiger partial charge in [-0.1, -0.05) is 12.1 Å². The molecule has 1 heterocycles. The van der Waals surface area contributed by atoms with Gasteiger partial charge in [-0.05, 0) is 23.3 Å². The van der Waals surface area contributed by atoms with Crippen molar-refractivity contribution in [2.45, 2.75) is 13.0 Å². The van der Waals surface area contributed by atoms with Crippen LogP contribution in [0.1, 0.15) is 11.1 Å². The molecule has 21 heavy (non-hydrogen) atoms. The molecule has 1 N–H and O–H groups in total. The van der Waals surface area contributed by atoms with E-state index < -0.39 is 10.7 Å². The fourth-order valence-electron chi connectivity index (χ4n) is 2.36. The SMILES string of the molecule is O=[N+]([O-])c1ccc(F)cc1NCc1ccc2c(c1)CCO2. The van der Waals surface area contributed by atoms with Crippen molar-refractivity contribution in [1.29, 1.82) is 0 Å². The van der Waals surface area contributed by atoms with E-state index in [4.69, 9.17) is 4.74 Å². The van der Waals surface area contributed by atoms with Gasteiger partial charge in [-0.15, -0.1) is 0 Å². The zero-order chi connectivity index (χ0) is 14.8. The Morgan fingerprint density at radius 1 is 1.29 bits per heavy atom. The Balaban J connectivity index is 1.78. The zero-order valence-electron chi connectivity index (χ0n) is 11.1. The number of benzene rings is 2. The summed E-state index contributed by atoms with van der Waals surface area (Å²) < 4.78 is 18.7. The summed E-state index contributed by atoms with van der Waals surface area (Å²) in [5.74, 6) is 0.376. The van der Waals surface area contributed by atoms with Crippen LogP contribution in [-0.2, 0) is 13.0 Å². The lowest BCUT2D eigenvalue weighted by atomic mass is 10.1. The topological polar surface area (TPSA) is 64.4 Å². The number of anilines is 1. The third kappa shape index (κ3) is 2.79. The van der Waals surface area contributed by atoms with Crippen LogP contribution in [0.15, 0.2) is 36.4 Å². The summed E-state index contributed by atoms with van der Waals surface area (Å²) in [5, 5.41) is 13.8. The lowest BCUT2D eigenvalue weighted by molar-refractivity contribution is -0.384. The van der Waals surface area contributed by atoms with Gasteiger partial charge in [-0.25, -0.2) is 4.39 Å². The first-order valence-electron chi connectivity index (χ1n) is 6.56. The quantitative estimate of drug-likeness (QED) is 0.692. The maximum atomic E-state index is 13.2. The van der Waals surface area contributed by atoms with Gasteiger partial charge in [0.25, 0.3) is 5.69 Å². The maximum Gasteiger partial charge on any atom is 0.292 e. The van der Waals surface area contributed by atoms with Crippen LogP contribution < -0.4 is 10.1 Å². The molecule has 0 spiro atoms. The first-order valence-corrected chi connectivity index (χ1v) is 6.56. The molecule has 0 amide bonds. The molecule has 0 saturated carbocycles. The van der Waals surface area contributed by atoms with E-state index >= 15 is 0 Å². The smallest absolute Gasteiger partial charge is 0.292 e. The third-order valence-electron chi connectivity index (χ3n) is 3.39. The number of nitro groups is 1. The average molecular weight is 288 g/mol. The minimum absolute atomic E-state index is 0.138. The second kappa shape index (κ2) is 5.40. The summed E-state index contributed by atoms with van der Waals surface area (Å²) in [6.07, 6.45) is 0.864. The van der Waals surface area contributed by atoms with Crippen molar-refractivity contribution in [2.24, 2.45) is 0 Å². The number of fused-ring (bicyclic) bond motifs is 1. The van der Waals surface area contributed by atoms with E-state index in [1.54, 1.807) is 0 Å². The number of ether oxygens (including phenoxy) is 1. The highest BCUT2D eigenvalue weighted by molar-refractivity contribution is 5.61. The van der Waals surface area contributed by atoms with Crippen molar-refractivity contribution in [1.82, 2.24) is 0 Å². The van der Waals surface area contributed by atoms with Crippen LogP contribution in [0.3, 0.4) is 0 Å². The molecule has 0 saturated heterocycles. The highest BCUT2D eigenvalue weighted by Crippen LogP contribution is 2.28. The van der Waals surface area contributed by atoms with E-state index in [1.807, 2.05) is 18.2 Å². The van der Waals surface area contributed by atoms with Crippen LogP contribution in [-0.4, -0.2) is 11.5 Å². The Labute approximate surface area is 120 Å². The maximum absolute atomic E-state index is 13.2. The van der Waals surface area contributed by atoms with Crippen LogP contribution in [0.2, 0.25) is 0 Å². The first-order chi connectivity index (χ1) is 10.1. The van der Waals surface area contributed by atoms with Gasteiger partial charge in [0.15, 0.2) is 0 Å². The van der Waals surface area contributed by atoms with Crippen LogP contribution in [0.4, 0.5) is 15.8 Å². The Kier molecular flexibility index (Phi) is 3.43. The van der Waals surface area contributed by atoms with Gasteiger partial charge in [0.1, 0.15) is 17.3 Å². The molecule has 2 aromatic rings. The molecular formula is C15H13FN2O3. The number of halogens is 1. The summed E-state index contributed by atoms with van der Waals surface area (Å²) in [5.41, 5.74) is 2.14. The van der Waals surface area contributed by atoms with Crippen molar-refractivity contribution in [3.8, 4) is 5.75 Å². The summed E-state index contributed by atoms with van der Waals surface area (Å²) in [4.78, 5) is 10.4. The van der Waals surface area contributed by atoms with Crippen LogP contribution in [0.5, 0.6) is 5.75 Å². The minimum Gasteiger partial charge on any atom is -0.493 e. The lowest BCUT2D eigenvalue weighted by Gasteiger charge is -2.08. The van der Waals surface area contributed by atoms with E-state index in [0.717, 1.165) is 41.5 Å². The lowest BCUT2D eigenvalue weighted by Crippen LogP contribution is -2.03. The van der Waals surface area contributed by atoms with Crippen molar-refractivity contribution >= 4 is 11.4 Å². The fourth-order valence-corrected chi connectivity index (χ4v) is 2.36. The largest absolute Gasteiger partial charge is 0.493 e. The summed E-state index contributed by atoms with van der Waals surface area (Å²) >= 11 is 0. The second-order valence-corrected chi connectivity index (χ2v) is 4.81. The predicted molar refractivity (Wildman–Crippen MR) is 76.0 cm³/mol. The van der Waals surface area contributed by atoms with Gasteiger partial charge in [0, 0.05) is 25.1 Å². The van der Waals surface area contributed by atoms with Crippen molar-refractivity contribution < 1.29 is 14.1 Å². The van der Waals surface area contributed by atoms with E-state index in [9.17, 15) is 14.5 Å². The van der Waals surface area contributed by atoms with Gasteiger partial charge in [-0.2, -0.15) is 0 Å². The normalized spacial score (nSPS) is 12.6. The molecule has 0 radical (unpaired) electrons. The summed E-state index contributed by atoms with van der Waals surface area (Å²) in [6.45, 7) is 1.07. The molecule has 5 nitrogen and oxygen atoms in total. The van der Waals surface area contributed by atoms with Crippen molar-refractivity contribution in [2.75, 3.05) is 11.9 Å². The van der Waals surface area contributed by atoms with Crippen molar-refractivity contribution in [3.63, 3.8) is 0 Å². The number of rotatable bonds is 4. The second-order valence-electron chi connectivity index (χ2n) is 4.81. The molecule has 108 valence electrons. The van der Waals surface area contributed by atoms with E-state index in [2.05, 4.69) is 5.32 Å². The number of nitro benzene ring substituents is 1. The molecular weight excluding hydrogens is 275 g/mol. The summed E-state index contributed by atoms with van der Waals surface area (Å²) in [7, 11) is 0. The van der Waals surface area contributed by atoms with Gasteiger partial charge >= 0.3 is 0 Å². The zero-order valence-corrected chi connectivity index (χ0v) is 11.1. The van der Waals surface area contributed by atoms with Gasteiger partial charge in [0.2, 0.25) is 0 Å². The van der Waals surface area contributed by atoms with E-state index in [0.29, 0.717) is 13.2 Å². The van der Waals surface area contributed by atoms with Crippen LogP contribution in [0.25, 0.3) is 0 Å². The van der Waals surface area contributed by atoms with Gasteiger partial charge < -0.3 is 10.1 Å². The number of nitrogens with zero attached hydrogens (tertiary/aromatic N) is 1. The molecule has 0 aliphatic carbocycles. The number of nitrogens with one attached hydrogen (secondary N) is 1. The fraction of sp³-hybridized carbons (Fsp3) is 0.200. The van der Waals surface area contributed by atoms with E-state index in [1.165, 1.54) is 0 Å². The minimum atomic E-state index is -0.529. The molecule has 0 aromatic heterocycles. The Hall–Kier alpha value is -2.63. The molecule has 0 atom stereocenters. The molecule has 0 fully saturated rings. The Bertz CT molecular complexity index is 703.